The topological polar surface area (TPSA) is 24.9 Å². The molecule has 1 aromatic heterocycles. The van der Waals surface area contributed by atoms with Crippen LogP contribution in [0.25, 0.3) is 0 Å². The molecular formula is C13H22N2S. The number of thiazole rings is 1. The number of rotatable bonds is 4. The van der Waals surface area contributed by atoms with Crippen LogP contribution in [0.4, 0.5) is 0 Å². The maximum atomic E-state index is 4.63. The highest BCUT2D eigenvalue weighted by Gasteiger charge is 2.29. The molecule has 1 fully saturated rings. The summed E-state index contributed by atoms with van der Waals surface area (Å²) in [6, 6.07) is 1.20. The van der Waals surface area contributed by atoms with Crippen molar-refractivity contribution in [1.82, 2.24) is 10.3 Å². The van der Waals surface area contributed by atoms with E-state index in [9.17, 15) is 0 Å². The number of hydrogen-bond acceptors (Lipinski definition) is 3. The van der Waals surface area contributed by atoms with E-state index in [1.54, 1.807) is 11.3 Å². The Morgan fingerprint density at radius 2 is 2.19 bits per heavy atom. The predicted octanol–water partition coefficient (Wildman–Crippen LogP) is 3.68. The van der Waals surface area contributed by atoms with Crippen molar-refractivity contribution >= 4 is 11.3 Å². The summed E-state index contributed by atoms with van der Waals surface area (Å²) < 4.78 is 0. The Labute approximate surface area is 102 Å². The van der Waals surface area contributed by atoms with Crippen LogP contribution >= 0.6 is 11.3 Å². The molecule has 16 heavy (non-hydrogen) atoms. The van der Waals surface area contributed by atoms with Crippen molar-refractivity contribution in [2.45, 2.75) is 59.0 Å². The van der Waals surface area contributed by atoms with Crippen LogP contribution in [0.2, 0.25) is 0 Å². The van der Waals surface area contributed by atoms with Gasteiger partial charge in [0.2, 0.25) is 0 Å². The molecule has 1 atom stereocenters. The molecule has 0 amide bonds. The van der Waals surface area contributed by atoms with Crippen molar-refractivity contribution < 1.29 is 0 Å². The first kappa shape index (κ1) is 12.1. The summed E-state index contributed by atoms with van der Waals surface area (Å²) in [4.78, 5) is 4.63. The SMILES string of the molecule is Cc1csc(C(CC(C)(C)C)NC2CC2)n1. The lowest BCUT2D eigenvalue weighted by atomic mass is 9.88. The second kappa shape index (κ2) is 4.46. The zero-order valence-corrected chi connectivity index (χ0v) is 11.5. The van der Waals surface area contributed by atoms with E-state index >= 15 is 0 Å². The molecule has 0 radical (unpaired) electrons. The fraction of sp³-hybridized carbons (Fsp3) is 0.769. The van der Waals surface area contributed by atoms with Gasteiger partial charge in [0.15, 0.2) is 0 Å². The largest absolute Gasteiger partial charge is 0.305 e. The zero-order chi connectivity index (χ0) is 11.8. The second-order valence-electron chi connectivity index (χ2n) is 6.09. The Balaban J connectivity index is 2.06. The van der Waals surface area contributed by atoms with E-state index in [1.807, 2.05) is 0 Å². The number of aryl methyl sites for hydroxylation is 1. The monoisotopic (exact) mass is 238 g/mol. The standard InChI is InChI=1S/C13H22N2S/c1-9-8-16-12(14-9)11(7-13(2,3)4)15-10-5-6-10/h8,10-11,15H,5-7H2,1-4H3. The summed E-state index contributed by atoms with van der Waals surface area (Å²) in [6.07, 6.45) is 3.84. The fourth-order valence-electron chi connectivity index (χ4n) is 1.90. The van der Waals surface area contributed by atoms with Crippen molar-refractivity contribution in [2.24, 2.45) is 5.41 Å². The molecule has 1 unspecified atom stereocenters. The van der Waals surface area contributed by atoms with Crippen LogP contribution in [-0.4, -0.2) is 11.0 Å². The lowest BCUT2D eigenvalue weighted by Gasteiger charge is -2.25. The van der Waals surface area contributed by atoms with Gasteiger partial charge in [0, 0.05) is 17.1 Å². The van der Waals surface area contributed by atoms with E-state index in [1.165, 1.54) is 17.8 Å². The first-order chi connectivity index (χ1) is 7.44. The molecule has 0 spiro atoms. The average Bonchev–Trinajstić information content (AvgIpc) is 2.84. The first-order valence-electron chi connectivity index (χ1n) is 6.12. The van der Waals surface area contributed by atoms with Gasteiger partial charge in [0.1, 0.15) is 5.01 Å². The van der Waals surface area contributed by atoms with E-state index < -0.39 is 0 Å². The summed E-state index contributed by atoms with van der Waals surface area (Å²) in [5.41, 5.74) is 1.50. The van der Waals surface area contributed by atoms with Gasteiger partial charge >= 0.3 is 0 Å². The van der Waals surface area contributed by atoms with Crippen LogP contribution in [0.5, 0.6) is 0 Å². The highest BCUT2D eigenvalue weighted by molar-refractivity contribution is 7.09. The molecule has 1 saturated carbocycles. The van der Waals surface area contributed by atoms with E-state index in [2.05, 4.69) is 43.4 Å². The van der Waals surface area contributed by atoms with Crippen LogP contribution in [0, 0.1) is 12.3 Å². The van der Waals surface area contributed by atoms with Gasteiger partial charge in [0.25, 0.3) is 0 Å². The van der Waals surface area contributed by atoms with Gasteiger partial charge < -0.3 is 5.32 Å². The van der Waals surface area contributed by atoms with Gasteiger partial charge in [0.05, 0.1) is 6.04 Å². The van der Waals surface area contributed by atoms with Gasteiger partial charge in [-0.05, 0) is 31.6 Å². The molecular weight excluding hydrogens is 216 g/mol. The maximum absolute atomic E-state index is 4.63. The molecule has 1 aliphatic carbocycles. The first-order valence-corrected chi connectivity index (χ1v) is 7.00. The van der Waals surface area contributed by atoms with Gasteiger partial charge in [-0.1, -0.05) is 20.8 Å². The minimum Gasteiger partial charge on any atom is -0.305 e. The normalized spacial score (nSPS) is 18.8. The molecule has 1 N–H and O–H groups in total. The van der Waals surface area contributed by atoms with E-state index in [0.717, 1.165) is 18.2 Å². The molecule has 1 heterocycles. The highest BCUT2D eigenvalue weighted by Crippen LogP contribution is 2.33. The molecule has 1 aliphatic rings. The number of hydrogen-bond donors (Lipinski definition) is 1. The molecule has 0 bridgehead atoms. The molecule has 1 aromatic rings. The summed E-state index contributed by atoms with van der Waals surface area (Å²) in [5, 5.41) is 7.14. The smallest absolute Gasteiger partial charge is 0.110 e. The summed E-state index contributed by atoms with van der Waals surface area (Å²) >= 11 is 1.79. The molecule has 0 aromatic carbocycles. The molecule has 0 saturated heterocycles. The van der Waals surface area contributed by atoms with Crippen LogP contribution in [0.1, 0.15) is 56.8 Å². The van der Waals surface area contributed by atoms with Crippen molar-refractivity contribution in [3.05, 3.63) is 16.1 Å². The minimum absolute atomic E-state index is 0.353. The molecule has 2 rings (SSSR count). The highest BCUT2D eigenvalue weighted by atomic mass is 32.1. The third kappa shape index (κ3) is 3.56. The molecule has 2 nitrogen and oxygen atoms in total. The molecule has 90 valence electrons. The molecule has 3 heteroatoms. The van der Waals surface area contributed by atoms with Crippen molar-refractivity contribution in [1.29, 1.82) is 0 Å². The Bertz CT molecular complexity index is 347. The van der Waals surface area contributed by atoms with Crippen molar-refractivity contribution in [3.63, 3.8) is 0 Å². The van der Waals surface area contributed by atoms with Gasteiger partial charge in [-0.2, -0.15) is 0 Å². The number of nitrogens with zero attached hydrogens (tertiary/aromatic N) is 1. The summed E-state index contributed by atoms with van der Waals surface area (Å²) in [7, 11) is 0. The Hall–Kier alpha value is -0.410. The van der Waals surface area contributed by atoms with Crippen molar-refractivity contribution in [3.8, 4) is 0 Å². The second-order valence-corrected chi connectivity index (χ2v) is 6.98. The summed E-state index contributed by atoms with van der Waals surface area (Å²) in [5.74, 6) is 0. The third-order valence-corrected chi connectivity index (χ3v) is 3.84. The van der Waals surface area contributed by atoms with Crippen LogP contribution < -0.4 is 5.32 Å². The Morgan fingerprint density at radius 3 is 2.62 bits per heavy atom. The maximum Gasteiger partial charge on any atom is 0.110 e. The number of nitrogens with one attached hydrogen (secondary N) is 1. The van der Waals surface area contributed by atoms with Crippen LogP contribution in [0.3, 0.4) is 0 Å². The van der Waals surface area contributed by atoms with Gasteiger partial charge in [-0.25, -0.2) is 4.98 Å². The van der Waals surface area contributed by atoms with Crippen molar-refractivity contribution in [2.75, 3.05) is 0 Å². The third-order valence-electron chi connectivity index (χ3n) is 2.77. The van der Waals surface area contributed by atoms with Crippen LogP contribution in [0.15, 0.2) is 5.38 Å². The number of aromatic nitrogens is 1. The van der Waals surface area contributed by atoms with Gasteiger partial charge in [-0.3, -0.25) is 0 Å². The summed E-state index contributed by atoms with van der Waals surface area (Å²) in [6.45, 7) is 8.98. The lowest BCUT2D eigenvalue weighted by molar-refractivity contribution is 0.309. The average molecular weight is 238 g/mol. The predicted molar refractivity (Wildman–Crippen MR) is 69.8 cm³/mol. The van der Waals surface area contributed by atoms with E-state index in [4.69, 9.17) is 0 Å². The Morgan fingerprint density at radius 1 is 1.50 bits per heavy atom. The van der Waals surface area contributed by atoms with Crippen LogP contribution in [-0.2, 0) is 0 Å². The lowest BCUT2D eigenvalue weighted by Crippen LogP contribution is -2.27. The molecule has 0 aliphatic heterocycles. The van der Waals surface area contributed by atoms with Gasteiger partial charge in [-0.15, -0.1) is 11.3 Å². The van der Waals surface area contributed by atoms with E-state index in [0.29, 0.717) is 11.5 Å². The minimum atomic E-state index is 0.353. The quantitative estimate of drug-likeness (QED) is 0.865. The zero-order valence-electron chi connectivity index (χ0n) is 10.7. The fourth-order valence-corrected chi connectivity index (χ4v) is 2.75. The van der Waals surface area contributed by atoms with E-state index in [-0.39, 0.29) is 0 Å². The Kier molecular flexibility index (Phi) is 3.36.